The fourth-order valence-corrected chi connectivity index (χ4v) is 7.01. The molecule has 4 atom stereocenters. The van der Waals surface area contributed by atoms with Crippen molar-refractivity contribution in [3.63, 3.8) is 0 Å². The second-order valence-corrected chi connectivity index (χ2v) is 14.3. The number of nitrogens with one attached hydrogen (secondary N) is 3. The Morgan fingerprint density at radius 1 is 1.09 bits per heavy atom. The predicted molar refractivity (Wildman–Crippen MR) is 172 cm³/mol. The third-order valence-electron chi connectivity index (χ3n) is 9.23. The average Bonchev–Trinajstić information content (AvgIpc) is 3.25. The molecule has 0 radical (unpaired) electrons. The molecule has 10 heteroatoms. The van der Waals surface area contributed by atoms with Gasteiger partial charge in [0.1, 0.15) is 18.0 Å². The molecular weight excluding hydrogens is 597 g/mol. The lowest BCUT2D eigenvalue weighted by Gasteiger charge is -2.35. The molecule has 3 amide bonds. The number of rotatable bonds is 12. The molecule has 4 N–H and O–H groups in total. The molecule has 2 aliphatic rings. The maximum absolute atomic E-state index is 14.4. The van der Waals surface area contributed by atoms with Crippen LogP contribution in [0, 0.1) is 17.7 Å². The highest BCUT2D eigenvalue weighted by molar-refractivity contribution is 6.30. The minimum Gasteiger partial charge on any atom is -0.440 e. The Labute approximate surface area is 270 Å². The zero-order chi connectivity index (χ0) is 32.8. The van der Waals surface area contributed by atoms with Gasteiger partial charge < -0.3 is 25.8 Å². The first-order valence-electron chi connectivity index (χ1n) is 16.0. The molecule has 2 fully saturated rings. The molecule has 1 aliphatic heterocycles. The molecular formula is C35H47ClFN3O5. The van der Waals surface area contributed by atoms with Gasteiger partial charge in [0.15, 0.2) is 0 Å². The molecule has 246 valence electrons. The highest BCUT2D eigenvalue weighted by atomic mass is 35.5. The first kappa shape index (κ1) is 34.7. The molecule has 3 unspecified atom stereocenters. The van der Waals surface area contributed by atoms with E-state index in [0.717, 1.165) is 37.7 Å². The summed E-state index contributed by atoms with van der Waals surface area (Å²) in [5, 5.41) is 19.3. The summed E-state index contributed by atoms with van der Waals surface area (Å²) >= 11 is 6.29. The number of benzene rings is 2. The van der Waals surface area contributed by atoms with E-state index in [4.69, 9.17) is 16.3 Å². The molecule has 1 heterocycles. The maximum Gasteiger partial charge on any atom is 0.408 e. The molecule has 0 bridgehead atoms. The number of hydrogen-bond acceptors (Lipinski definition) is 5. The number of carbonyl (C=O) groups is 3. The second kappa shape index (κ2) is 14.9. The quantitative estimate of drug-likeness (QED) is 0.215. The maximum atomic E-state index is 14.4. The van der Waals surface area contributed by atoms with Crippen LogP contribution in [0.4, 0.5) is 9.18 Å². The largest absolute Gasteiger partial charge is 0.440 e. The number of alkyl carbamates (subject to hydrolysis) is 1. The fraction of sp³-hybridized carbons (Fsp3) is 0.571. The van der Waals surface area contributed by atoms with Gasteiger partial charge in [-0.25, -0.2) is 9.18 Å². The lowest BCUT2D eigenvalue weighted by atomic mass is 9.76. The lowest BCUT2D eigenvalue weighted by molar-refractivity contribution is -0.126. The standard InChI is InChI=1S/C35H47ClFN3O5/c1-34(2)20-24(31(42)40-34)18-28(21-41)38-32(43)29(16-22-10-6-5-7-11-22)39-33(44)45-30(23-12-8-15-27(37)17-23)35(3,4)25-13-9-14-26(36)19-25/h8-9,12-15,17,19,22,24,28-30,41H,5-7,10-11,16,18,20-21H2,1-4H3,(H,38,43)(H,39,44)(H,40,42)/t24?,28?,29-,30?/m0/s1. The third-order valence-corrected chi connectivity index (χ3v) is 9.46. The van der Waals surface area contributed by atoms with E-state index in [9.17, 15) is 23.9 Å². The SMILES string of the molecule is CC1(C)CC(CC(CO)NC(=O)[C@H](CC2CCCCC2)NC(=O)OC(c2cccc(F)c2)C(C)(C)c2cccc(Cl)c2)C(=O)N1. The van der Waals surface area contributed by atoms with Crippen molar-refractivity contribution in [3.05, 3.63) is 70.5 Å². The number of aliphatic hydroxyl groups excluding tert-OH is 1. The van der Waals surface area contributed by atoms with Gasteiger partial charge in [-0.15, -0.1) is 0 Å². The van der Waals surface area contributed by atoms with Gasteiger partial charge in [-0.3, -0.25) is 9.59 Å². The minimum absolute atomic E-state index is 0.0983. The summed E-state index contributed by atoms with van der Waals surface area (Å²) in [5.74, 6) is -1.10. The van der Waals surface area contributed by atoms with Crippen LogP contribution in [0.5, 0.6) is 0 Å². The number of aliphatic hydroxyl groups is 1. The van der Waals surface area contributed by atoms with Crippen LogP contribution in [0.1, 0.15) is 96.3 Å². The summed E-state index contributed by atoms with van der Waals surface area (Å²) in [7, 11) is 0. The van der Waals surface area contributed by atoms with Crippen LogP contribution in [0.25, 0.3) is 0 Å². The highest BCUT2D eigenvalue weighted by Gasteiger charge is 2.40. The normalized spacial score (nSPS) is 20.5. The summed E-state index contributed by atoms with van der Waals surface area (Å²) in [4.78, 5) is 39.8. The topological polar surface area (TPSA) is 117 Å². The van der Waals surface area contributed by atoms with Crippen LogP contribution in [-0.4, -0.2) is 47.2 Å². The molecule has 8 nitrogen and oxygen atoms in total. The van der Waals surface area contributed by atoms with Crippen LogP contribution in [0.15, 0.2) is 48.5 Å². The van der Waals surface area contributed by atoms with Gasteiger partial charge in [0.25, 0.3) is 0 Å². The number of amides is 3. The highest BCUT2D eigenvalue weighted by Crippen LogP contribution is 2.41. The average molecular weight is 644 g/mol. The van der Waals surface area contributed by atoms with Crippen molar-refractivity contribution < 1.29 is 28.6 Å². The summed E-state index contributed by atoms with van der Waals surface area (Å²) < 4.78 is 20.4. The van der Waals surface area contributed by atoms with Crippen molar-refractivity contribution >= 4 is 29.5 Å². The second-order valence-electron chi connectivity index (χ2n) is 13.9. The van der Waals surface area contributed by atoms with Gasteiger partial charge in [0.2, 0.25) is 11.8 Å². The Balaban J connectivity index is 1.54. The first-order valence-corrected chi connectivity index (χ1v) is 16.4. The van der Waals surface area contributed by atoms with Gasteiger partial charge in [0.05, 0.1) is 12.6 Å². The zero-order valence-electron chi connectivity index (χ0n) is 26.7. The van der Waals surface area contributed by atoms with Gasteiger partial charge >= 0.3 is 6.09 Å². The minimum atomic E-state index is -0.925. The van der Waals surface area contributed by atoms with E-state index in [0.29, 0.717) is 23.4 Å². The zero-order valence-corrected chi connectivity index (χ0v) is 27.5. The van der Waals surface area contributed by atoms with Crippen molar-refractivity contribution in [1.82, 2.24) is 16.0 Å². The molecule has 0 spiro atoms. The van der Waals surface area contributed by atoms with Crippen molar-refractivity contribution in [2.75, 3.05) is 6.61 Å². The van der Waals surface area contributed by atoms with E-state index in [2.05, 4.69) is 16.0 Å². The first-order chi connectivity index (χ1) is 21.3. The summed E-state index contributed by atoms with van der Waals surface area (Å²) in [5.41, 5.74) is 0.0758. The Bertz CT molecular complexity index is 1350. The smallest absolute Gasteiger partial charge is 0.408 e. The van der Waals surface area contributed by atoms with Crippen molar-refractivity contribution in [1.29, 1.82) is 0 Å². The van der Waals surface area contributed by atoms with Crippen LogP contribution in [0.2, 0.25) is 5.02 Å². The summed E-state index contributed by atoms with van der Waals surface area (Å²) in [6, 6.07) is 11.6. The Kier molecular flexibility index (Phi) is 11.5. The Morgan fingerprint density at radius 2 is 1.80 bits per heavy atom. The molecule has 0 aromatic heterocycles. The fourth-order valence-electron chi connectivity index (χ4n) is 6.82. The summed E-state index contributed by atoms with van der Waals surface area (Å²) in [6.07, 6.45) is 4.74. The van der Waals surface area contributed by atoms with Gasteiger partial charge in [-0.1, -0.05) is 81.8 Å². The van der Waals surface area contributed by atoms with E-state index in [1.807, 2.05) is 33.8 Å². The number of ether oxygens (including phenoxy) is 1. The van der Waals surface area contributed by atoms with Crippen molar-refractivity contribution in [2.24, 2.45) is 11.8 Å². The van der Waals surface area contributed by atoms with E-state index < -0.39 is 41.4 Å². The Morgan fingerprint density at radius 3 is 2.42 bits per heavy atom. The molecule has 45 heavy (non-hydrogen) atoms. The van der Waals surface area contributed by atoms with Crippen LogP contribution in [0.3, 0.4) is 0 Å². The van der Waals surface area contributed by atoms with Gasteiger partial charge in [0, 0.05) is 21.9 Å². The summed E-state index contributed by atoms with van der Waals surface area (Å²) in [6.45, 7) is 7.32. The van der Waals surface area contributed by atoms with Crippen LogP contribution >= 0.6 is 11.6 Å². The van der Waals surface area contributed by atoms with Gasteiger partial charge in [-0.05, 0) is 74.4 Å². The van der Waals surface area contributed by atoms with E-state index in [1.165, 1.54) is 12.1 Å². The molecule has 4 rings (SSSR count). The Hall–Kier alpha value is -3.17. The molecule has 1 aliphatic carbocycles. The van der Waals surface area contributed by atoms with E-state index >= 15 is 0 Å². The van der Waals surface area contributed by atoms with E-state index in [1.54, 1.807) is 30.3 Å². The molecule has 2 aromatic rings. The lowest BCUT2D eigenvalue weighted by Crippen LogP contribution is -2.52. The number of halogens is 2. The van der Waals surface area contributed by atoms with Crippen molar-refractivity contribution in [3.8, 4) is 0 Å². The van der Waals surface area contributed by atoms with Crippen molar-refractivity contribution in [2.45, 2.75) is 108 Å². The van der Waals surface area contributed by atoms with Crippen LogP contribution < -0.4 is 16.0 Å². The molecule has 2 aromatic carbocycles. The number of hydrogen-bond donors (Lipinski definition) is 4. The monoisotopic (exact) mass is 643 g/mol. The van der Waals surface area contributed by atoms with E-state index in [-0.39, 0.29) is 36.3 Å². The predicted octanol–water partition coefficient (Wildman–Crippen LogP) is 6.35. The third kappa shape index (κ3) is 9.42. The van der Waals surface area contributed by atoms with Gasteiger partial charge in [-0.2, -0.15) is 0 Å². The number of carbonyl (C=O) groups excluding carboxylic acids is 3. The van der Waals surface area contributed by atoms with Crippen LogP contribution in [-0.2, 0) is 19.7 Å². The molecule has 1 saturated carbocycles. The molecule has 1 saturated heterocycles.